The summed E-state index contributed by atoms with van der Waals surface area (Å²) in [4.78, 5) is 66.3. The fraction of sp³-hybridized carbons (Fsp3) is 0.360. The molecule has 3 aliphatic rings. The van der Waals surface area contributed by atoms with E-state index in [1.54, 1.807) is 18.6 Å². The predicted octanol–water partition coefficient (Wildman–Crippen LogP) is 8.33. The Kier molecular flexibility index (Phi) is 26.6. The van der Waals surface area contributed by atoms with E-state index in [0.717, 1.165) is 141 Å². The molecule has 6 heterocycles. The fourth-order valence-electron chi connectivity index (χ4n) is 12.3. The number of carbonyl (C=O) groups is 3. The van der Waals surface area contributed by atoms with Gasteiger partial charge in [0, 0.05) is 175 Å². The SMILES string of the molecule is O=C([C@H]1CN(Cc2ccccc2)CCN1)N(CCCn1ccnc1)Cc1ccccc1.O=C([C@H]1CN(Cc2ccccc2)CCN1Cc1ccccc1)N(CCCn1ccnc1)Cc1ccccc1.O=C([C@H]1CNCCN1)N(CCCn1ccnc1)Cc1ccccc1. The number of nitrogens with one attached hydrogen (secondary N) is 3. The van der Waals surface area contributed by atoms with Gasteiger partial charge in [-0.3, -0.25) is 29.1 Å². The number of nitrogens with zero attached hydrogens (tertiary/aromatic N) is 12. The number of hydrogen-bond acceptors (Lipinski definition) is 12. The summed E-state index contributed by atoms with van der Waals surface area (Å²) in [5.41, 5.74) is 7.31. The third-order valence-corrected chi connectivity index (χ3v) is 17.3. The molecule has 0 spiro atoms. The highest BCUT2D eigenvalue weighted by molar-refractivity contribution is 5.83. The van der Waals surface area contributed by atoms with Crippen molar-refractivity contribution in [3.8, 4) is 0 Å². The van der Waals surface area contributed by atoms with Crippen LogP contribution in [0.1, 0.15) is 52.6 Å². The van der Waals surface area contributed by atoms with Gasteiger partial charge in [-0.1, -0.05) is 182 Å². The van der Waals surface area contributed by atoms with Gasteiger partial charge >= 0.3 is 0 Å². The van der Waals surface area contributed by atoms with E-state index in [2.05, 4.69) is 175 Å². The molecule has 0 radical (unpaired) electrons. The van der Waals surface area contributed by atoms with Crippen LogP contribution in [0.2, 0.25) is 0 Å². The number of imidazole rings is 3. The Hall–Kier alpha value is -8.88. The predicted molar refractivity (Wildman–Crippen MR) is 367 cm³/mol. The van der Waals surface area contributed by atoms with Crippen molar-refractivity contribution in [3.05, 3.63) is 272 Å². The van der Waals surface area contributed by atoms with Gasteiger partial charge in [-0.2, -0.15) is 0 Å². The number of carbonyl (C=O) groups excluding carboxylic acids is 3. The monoisotopic (exact) mass is 1250 g/mol. The van der Waals surface area contributed by atoms with Crippen LogP contribution in [-0.2, 0) is 73.3 Å². The van der Waals surface area contributed by atoms with Crippen molar-refractivity contribution >= 4 is 17.7 Å². The minimum atomic E-state index is -0.190. The first-order valence-electron chi connectivity index (χ1n) is 33.2. The molecule has 0 aliphatic carbocycles. The highest BCUT2D eigenvalue weighted by Gasteiger charge is 2.36. The second-order valence-electron chi connectivity index (χ2n) is 24.3. The first-order valence-corrected chi connectivity index (χ1v) is 33.2. The summed E-state index contributed by atoms with van der Waals surface area (Å²) in [5, 5.41) is 10.1. The smallest absolute Gasteiger partial charge is 0.241 e. The van der Waals surface area contributed by atoms with Crippen LogP contribution in [0.15, 0.2) is 238 Å². The molecule has 6 aromatic carbocycles. The Morgan fingerprint density at radius 1 is 0.398 bits per heavy atom. The molecule has 18 nitrogen and oxygen atoms in total. The van der Waals surface area contributed by atoms with Crippen molar-refractivity contribution in [2.24, 2.45) is 0 Å². The molecule has 9 aromatic rings. The van der Waals surface area contributed by atoms with Crippen molar-refractivity contribution in [1.82, 2.24) is 74.0 Å². The Morgan fingerprint density at radius 3 is 1.17 bits per heavy atom. The molecule has 12 rings (SSSR count). The van der Waals surface area contributed by atoms with Gasteiger partial charge in [0.15, 0.2) is 0 Å². The lowest BCUT2D eigenvalue weighted by atomic mass is 10.1. The number of aryl methyl sites for hydroxylation is 3. The van der Waals surface area contributed by atoms with Crippen LogP contribution in [0.25, 0.3) is 0 Å². The molecule has 0 saturated carbocycles. The van der Waals surface area contributed by atoms with E-state index in [4.69, 9.17) is 0 Å². The number of benzene rings is 6. The third kappa shape index (κ3) is 22.2. The second kappa shape index (κ2) is 37.0. The largest absolute Gasteiger partial charge is 0.337 e. The van der Waals surface area contributed by atoms with E-state index in [-0.39, 0.29) is 35.8 Å². The lowest BCUT2D eigenvalue weighted by Gasteiger charge is -2.42. The summed E-state index contributed by atoms with van der Waals surface area (Å²) in [6, 6.07) is 61.9. The normalized spacial score (nSPS) is 16.8. The number of hydrogen-bond donors (Lipinski definition) is 3. The van der Waals surface area contributed by atoms with Gasteiger partial charge in [0.05, 0.1) is 31.1 Å². The Bertz CT molecular complexity index is 3470. The van der Waals surface area contributed by atoms with Crippen LogP contribution < -0.4 is 16.0 Å². The van der Waals surface area contributed by atoms with Crippen LogP contribution in [-0.4, -0.2) is 172 Å². The molecule has 3 atom stereocenters. The first-order chi connectivity index (χ1) is 45.8. The molecule has 3 aromatic heterocycles. The van der Waals surface area contributed by atoms with Crippen molar-refractivity contribution < 1.29 is 14.4 Å². The summed E-state index contributed by atoms with van der Waals surface area (Å²) < 4.78 is 6.19. The maximum absolute atomic E-state index is 14.3. The van der Waals surface area contributed by atoms with E-state index in [9.17, 15) is 14.4 Å². The topological polar surface area (TPSA) is 160 Å². The van der Waals surface area contributed by atoms with E-state index in [1.165, 1.54) is 16.7 Å². The average molecular weight is 1250 g/mol. The number of rotatable bonds is 27. The Labute approximate surface area is 549 Å². The molecular formula is C75H93N15O3. The van der Waals surface area contributed by atoms with E-state index < -0.39 is 0 Å². The number of piperazine rings is 3. The van der Waals surface area contributed by atoms with Gasteiger partial charge in [0.25, 0.3) is 0 Å². The molecule has 3 aliphatic heterocycles. The summed E-state index contributed by atoms with van der Waals surface area (Å²) in [6.07, 6.45) is 19.5. The van der Waals surface area contributed by atoms with Gasteiger partial charge in [-0.25, -0.2) is 15.0 Å². The highest BCUT2D eigenvalue weighted by Crippen LogP contribution is 2.21. The fourth-order valence-corrected chi connectivity index (χ4v) is 12.3. The Balaban J connectivity index is 0.000000157. The molecular weight excluding hydrogens is 1160 g/mol. The molecule has 3 N–H and O–H groups in total. The van der Waals surface area contributed by atoms with Crippen LogP contribution in [0.5, 0.6) is 0 Å². The number of aromatic nitrogens is 6. The zero-order valence-corrected chi connectivity index (χ0v) is 53.8. The third-order valence-electron chi connectivity index (χ3n) is 17.3. The maximum Gasteiger partial charge on any atom is 0.241 e. The van der Waals surface area contributed by atoms with Gasteiger partial charge in [-0.05, 0) is 52.6 Å². The maximum atomic E-state index is 14.3. The molecule has 18 heteroatoms. The second-order valence-corrected chi connectivity index (χ2v) is 24.3. The van der Waals surface area contributed by atoms with Crippen LogP contribution in [0, 0.1) is 0 Å². The van der Waals surface area contributed by atoms with Gasteiger partial charge in [-0.15, -0.1) is 0 Å². The van der Waals surface area contributed by atoms with Crippen molar-refractivity contribution in [2.45, 2.75) is 96.3 Å². The summed E-state index contributed by atoms with van der Waals surface area (Å²) >= 11 is 0. The summed E-state index contributed by atoms with van der Waals surface area (Å²) in [5.74, 6) is 0.581. The summed E-state index contributed by atoms with van der Waals surface area (Å²) in [6.45, 7) is 16.7. The quantitative estimate of drug-likeness (QED) is 0.0453. The molecule has 0 unspecified atom stereocenters. The lowest BCUT2D eigenvalue weighted by Crippen LogP contribution is -2.59. The van der Waals surface area contributed by atoms with E-state index >= 15 is 0 Å². The van der Waals surface area contributed by atoms with Gasteiger partial charge < -0.3 is 44.4 Å². The summed E-state index contributed by atoms with van der Waals surface area (Å²) in [7, 11) is 0. The molecule has 0 bridgehead atoms. The van der Waals surface area contributed by atoms with Crippen LogP contribution >= 0.6 is 0 Å². The molecule has 486 valence electrons. The van der Waals surface area contributed by atoms with Crippen LogP contribution in [0.4, 0.5) is 0 Å². The van der Waals surface area contributed by atoms with Gasteiger partial charge in [0.2, 0.25) is 17.7 Å². The Morgan fingerprint density at radius 2 is 0.774 bits per heavy atom. The standard InChI is InChI=1S/C32H37N5O.C25H31N5O.C18H25N5O/c38-32(37(25-30-15-8-3-9-16-30)19-10-18-34-20-17-33-27-34)31-26-35(23-28-11-4-1-5-12-28)21-22-36(31)24-29-13-6-2-7-14-29;31-25(24-20-29(17-13-27-24)18-22-8-3-1-4-9-22)30(19-23-10-5-2-6-11-23)15-7-14-28-16-12-26-21-28;24-18(17-13-19-7-8-21-17)23(14-16-5-2-1-3-6-16)11-4-10-22-12-9-20-15-22/h1-9,11-17,20,27,31H,10,18-19,21-26H2;1-6,8-12,16,21,24,27H,7,13-15,17-20H2;1-3,5-6,9,12,15,17,19,21H,4,7-8,10-11,13-14H2/t31-;24-;17-/m111/s1. The highest BCUT2D eigenvalue weighted by atomic mass is 16.2. The van der Waals surface area contributed by atoms with Crippen molar-refractivity contribution in [2.75, 3.05) is 78.5 Å². The zero-order valence-electron chi connectivity index (χ0n) is 53.8. The lowest BCUT2D eigenvalue weighted by molar-refractivity contribution is -0.141. The molecule has 93 heavy (non-hydrogen) atoms. The van der Waals surface area contributed by atoms with Crippen molar-refractivity contribution in [1.29, 1.82) is 0 Å². The first kappa shape index (κ1) is 67.0. The van der Waals surface area contributed by atoms with E-state index in [0.29, 0.717) is 32.7 Å². The minimum absolute atomic E-state index is 0.129. The molecule has 3 fully saturated rings. The number of amides is 3. The average Bonchev–Trinajstić information content (AvgIpc) is 1.76. The zero-order chi connectivity index (χ0) is 63.9. The van der Waals surface area contributed by atoms with Crippen LogP contribution in [0.3, 0.4) is 0 Å². The van der Waals surface area contributed by atoms with Gasteiger partial charge in [0.1, 0.15) is 6.04 Å². The minimum Gasteiger partial charge on any atom is -0.337 e. The van der Waals surface area contributed by atoms with Crippen molar-refractivity contribution in [3.63, 3.8) is 0 Å². The van der Waals surface area contributed by atoms with E-state index in [1.807, 2.05) is 119 Å². The molecule has 3 saturated heterocycles. The molecule has 3 amide bonds.